The molecule has 0 rings (SSSR count). The molecule has 0 aliphatic heterocycles. The normalized spacial score (nSPS) is 12.3. The monoisotopic (exact) mass is 260 g/mol. The predicted molar refractivity (Wildman–Crippen MR) is 66.4 cm³/mol. The van der Waals surface area contributed by atoms with Gasteiger partial charge in [-0.25, -0.2) is 4.79 Å². The highest BCUT2D eigenvalue weighted by atomic mass is 16.7. The predicted octanol–water partition coefficient (Wildman–Crippen LogP) is -0.500. The molecule has 0 saturated carbocycles. The first kappa shape index (κ1) is 16.3. The summed E-state index contributed by atoms with van der Waals surface area (Å²) in [5, 5.41) is 17.3. The average molecular weight is 260 g/mol. The molecular formula is C10H20N4O4. The topological polar surface area (TPSA) is 126 Å². The fraction of sp³-hybridized carbons (Fsp3) is 0.700. The minimum atomic E-state index is -0.923. The third-order valence-electron chi connectivity index (χ3n) is 2.11. The van der Waals surface area contributed by atoms with Crippen molar-refractivity contribution in [2.24, 2.45) is 10.9 Å². The molecule has 0 aromatic heterocycles. The van der Waals surface area contributed by atoms with Crippen molar-refractivity contribution in [1.82, 2.24) is 10.6 Å². The number of nitrogens with zero attached hydrogens (tertiary/aromatic N) is 1. The second-order valence-electron chi connectivity index (χ2n) is 3.50. The number of aliphatic carboxylic acids is 1. The van der Waals surface area contributed by atoms with Gasteiger partial charge in [-0.1, -0.05) is 11.6 Å². The third kappa shape index (κ3) is 8.48. The molecule has 0 aliphatic carbocycles. The largest absolute Gasteiger partial charge is 0.480 e. The summed E-state index contributed by atoms with van der Waals surface area (Å²) >= 11 is 0. The summed E-state index contributed by atoms with van der Waals surface area (Å²) in [5.41, 5.74) is 5.33. The molecule has 1 atom stereocenters. The van der Waals surface area contributed by atoms with Gasteiger partial charge < -0.3 is 16.2 Å². The van der Waals surface area contributed by atoms with E-state index in [2.05, 4.69) is 20.6 Å². The Hall–Kier alpha value is -1.67. The van der Waals surface area contributed by atoms with Crippen LogP contribution in [0, 0.1) is 0 Å². The van der Waals surface area contributed by atoms with E-state index in [-0.39, 0.29) is 6.54 Å². The van der Waals surface area contributed by atoms with E-state index in [1.54, 1.807) is 0 Å². The number of unbranched alkanes of at least 4 members (excludes halogenated alkanes) is 1. The fourth-order valence-corrected chi connectivity index (χ4v) is 1.17. The zero-order chi connectivity index (χ0) is 13.8. The molecule has 8 heteroatoms. The summed E-state index contributed by atoms with van der Waals surface area (Å²) in [6, 6.07) is -0.650. The minimum Gasteiger partial charge on any atom is -0.480 e. The van der Waals surface area contributed by atoms with Crippen LogP contribution in [-0.4, -0.2) is 49.6 Å². The zero-order valence-corrected chi connectivity index (χ0v) is 10.4. The first-order chi connectivity index (χ1) is 8.61. The van der Waals surface area contributed by atoms with Crippen molar-refractivity contribution < 1.29 is 19.5 Å². The van der Waals surface area contributed by atoms with Crippen molar-refractivity contribution in [3.8, 4) is 0 Å². The van der Waals surface area contributed by atoms with Crippen molar-refractivity contribution in [2.75, 3.05) is 20.1 Å². The molecule has 1 amide bonds. The van der Waals surface area contributed by atoms with Gasteiger partial charge in [-0.2, -0.15) is 0 Å². The van der Waals surface area contributed by atoms with Crippen LogP contribution < -0.4 is 16.4 Å². The summed E-state index contributed by atoms with van der Waals surface area (Å²) in [4.78, 5) is 25.8. The highest BCUT2D eigenvalue weighted by Gasteiger charge is 2.14. The number of carbonyl (C=O) groups is 2. The minimum absolute atomic E-state index is 0.205. The molecule has 0 unspecified atom stereocenters. The number of oxime groups is 1. The molecule has 0 aliphatic rings. The van der Waals surface area contributed by atoms with E-state index >= 15 is 0 Å². The molecule has 104 valence electrons. The molecule has 0 bridgehead atoms. The maximum Gasteiger partial charge on any atom is 0.433 e. The van der Waals surface area contributed by atoms with Crippen molar-refractivity contribution >= 4 is 18.3 Å². The summed E-state index contributed by atoms with van der Waals surface area (Å²) in [5.74, 6) is -0.923. The second kappa shape index (κ2) is 10.5. The van der Waals surface area contributed by atoms with Crippen LogP contribution in [0.3, 0.4) is 0 Å². The van der Waals surface area contributed by atoms with Gasteiger partial charge in [0.25, 0.3) is 0 Å². The van der Waals surface area contributed by atoms with Gasteiger partial charge >= 0.3 is 12.1 Å². The molecular weight excluding hydrogens is 240 g/mol. The molecule has 8 nitrogen and oxygen atoms in total. The average Bonchev–Trinajstić information content (AvgIpc) is 2.35. The van der Waals surface area contributed by atoms with Gasteiger partial charge in [-0.15, -0.1) is 0 Å². The number of rotatable bonds is 9. The smallest absolute Gasteiger partial charge is 0.433 e. The Kier molecular flexibility index (Phi) is 9.51. The van der Waals surface area contributed by atoms with E-state index in [9.17, 15) is 9.59 Å². The van der Waals surface area contributed by atoms with E-state index in [1.165, 1.54) is 13.3 Å². The van der Waals surface area contributed by atoms with Gasteiger partial charge in [0.05, 0.1) is 6.21 Å². The van der Waals surface area contributed by atoms with E-state index in [1.807, 2.05) is 0 Å². The van der Waals surface area contributed by atoms with Crippen LogP contribution in [-0.2, 0) is 9.63 Å². The number of carbonyl (C=O) groups excluding carboxylic acids is 1. The van der Waals surface area contributed by atoms with Gasteiger partial charge in [0.1, 0.15) is 6.04 Å². The third-order valence-corrected chi connectivity index (χ3v) is 2.11. The summed E-state index contributed by atoms with van der Waals surface area (Å²) < 4.78 is 0. The highest BCUT2D eigenvalue weighted by molar-refractivity contribution is 5.74. The fourth-order valence-electron chi connectivity index (χ4n) is 1.17. The first-order valence-corrected chi connectivity index (χ1v) is 5.68. The van der Waals surface area contributed by atoms with Crippen molar-refractivity contribution in [1.29, 1.82) is 0 Å². The zero-order valence-electron chi connectivity index (χ0n) is 10.4. The quantitative estimate of drug-likeness (QED) is 0.192. The van der Waals surface area contributed by atoms with Crippen molar-refractivity contribution in [3.63, 3.8) is 0 Å². The summed E-state index contributed by atoms with van der Waals surface area (Å²) in [7, 11) is 1.41. The second-order valence-corrected chi connectivity index (χ2v) is 3.50. The van der Waals surface area contributed by atoms with Gasteiger partial charge in [-0.3, -0.25) is 14.9 Å². The van der Waals surface area contributed by atoms with Crippen LogP contribution in [0.4, 0.5) is 4.79 Å². The Bertz CT molecular complexity index is 283. The Morgan fingerprint density at radius 3 is 2.78 bits per heavy atom. The maximum absolute atomic E-state index is 10.9. The lowest BCUT2D eigenvalue weighted by Gasteiger charge is -2.12. The van der Waals surface area contributed by atoms with Crippen LogP contribution in [0.15, 0.2) is 5.16 Å². The van der Waals surface area contributed by atoms with Gasteiger partial charge in [0, 0.05) is 13.6 Å². The Morgan fingerprint density at radius 2 is 2.22 bits per heavy atom. The van der Waals surface area contributed by atoms with E-state index in [0.717, 1.165) is 12.8 Å². The van der Waals surface area contributed by atoms with Crippen LogP contribution in [0.5, 0.6) is 0 Å². The molecule has 0 aromatic carbocycles. The molecule has 18 heavy (non-hydrogen) atoms. The number of carboxylic acids is 1. The van der Waals surface area contributed by atoms with Crippen LogP contribution in [0.1, 0.15) is 19.3 Å². The standard InChI is InChI=1S/C10H20N4O4/c1-12-10(17)18-14-7-6-13-8(9(15)16)4-2-3-5-11/h7-8,13H,2-6,11H2,1H3,(H,12,17)(H,15,16)/t8-/m0/s1. The lowest BCUT2D eigenvalue weighted by molar-refractivity contribution is -0.139. The van der Waals surface area contributed by atoms with Crippen LogP contribution in [0.2, 0.25) is 0 Å². The lowest BCUT2D eigenvalue weighted by atomic mass is 10.1. The lowest BCUT2D eigenvalue weighted by Crippen LogP contribution is -2.37. The van der Waals surface area contributed by atoms with Crippen molar-refractivity contribution in [3.05, 3.63) is 0 Å². The molecule has 0 radical (unpaired) electrons. The molecule has 0 saturated heterocycles. The Labute approximate surface area is 106 Å². The van der Waals surface area contributed by atoms with E-state index in [0.29, 0.717) is 13.0 Å². The SMILES string of the molecule is CNC(=O)ON=CCN[C@@H](CCCCN)C(=O)O. The number of nitrogens with two attached hydrogens (primary N) is 1. The highest BCUT2D eigenvalue weighted by Crippen LogP contribution is 2.00. The van der Waals surface area contributed by atoms with Gasteiger partial charge in [-0.05, 0) is 19.4 Å². The van der Waals surface area contributed by atoms with Crippen LogP contribution >= 0.6 is 0 Å². The summed E-state index contributed by atoms with van der Waals surface area (Å²) in [6.45, 7) is 0.754. The number of carboxylic acid groups (broad SMARTS) is 1. The number of hydrogen-bond donors (Lipinski definition) is 4. The van der Waals surface area contributed by atoms with Gasteiger partial charge in [0.2, 0.25) is 0 Å². The molecule has 0 aromatic rings. The summed E-state index contributed by atoms with van der Waals surface area (Å²) in [6.07, 6.45) is 2.64. The molecule has 0 heterocycles. The Balaban J connectivity index is 3.82. The molecule has 0 spiro atoms. The number of nitrogens with one attached hydrogen (secondary N) is 2. The number of amides is 1. The first-order valence-electron chi connectivity index (χ1n) is 5.68. The van der Waals surface area contributed by atoms with Crippen LogP contribution in [0.25, 0.3) is 0 Å². The molecule has 5 N–H and O–H groups in total. The van der Waals surface area contributed by atoms with E-state index < -0.39 is 18.1 Å². The molecule has 0 fully saturated rings. The van der Waals surface area contributed by atoms with Crippen molar-refractivity contribution in [2.45, 2.75) is 25.3 Å². The number of hydrogen-bond acceptors (Lipinski definition) is 6. The van der Waals surface area contributed by atoms with Gasteiger partial charge in [0.15, 0.2) is 0 Å². The Morgan fingerprint density at radius 1 is 1.50 bits per heavy atom. The van der Waals surface area contributed by atoms with E-state index in [4.69, 9.17) is 10.8 Å². The maximum atomic E-state index is 10.9.